The molecule has 0 N–H and O–H groups in total. The normalized spacial score (nSPS) is 11.3. The second-order valence-electron chi connectivity index (χ2n) is 5.21. The molecule has 0 aliphatic rings. The highest BCUT2D eigenvalue weighted by Crippen LogP contribution is 2.23. The van der Waals surface area contributed by atoms with Crippen molar-refractivity contribution in [2.75, 3.05) is 0 Å². The molecule has 2 heterocycles. The lowest BCUT2D eigenvalue weighted by Gasteiger charge is -2.04. The zero-order valence-electron chi connectivity index (χ0n) is 12.9. The largest absolute Gasteiger partial charge is 0.332 e. The van der Waals surface area contributed by atoms with Crippen molar-refractivity contribution in [3.8, 4) is 0 Å². The van der Waals surface area contributed by atoms with Crippen molar-refractivity contribution in [2.45, 2.75) is 10.6 Å². The summed E-state index contributed by atoms with van der Waals surface area (Å²) in [6.07, 6.45) is 0. The molecular weight excluding hydrogens is 319 g/mol. The first-order valence-corrected chi connectivity index (χ1v) is 7.88. The maximum Gasteiger partial charge on any atom is 0.332 e. The predicted molar refractivity (Wildman–Crippen MR) is 87.2 cm³/mol. The van der Waals surface area contributed by atoms with E-state index in [9.17, 15) is 14.0 Å². The standard InChI is InChI=1S/C15H15FN4O2S/c1-18-11(8-23-10-6-4-5-9(16)7-10)17-13-12(18)14(21)20(3)15(22)19(13)2/h4-7H,8H2,1-3H3. The van der Waals surface area contributed by atoms with Crippen LogP contribution in [0.1, 0.15) is 5.82 Å². The van der Waals surface area contributed by atoms with Crippen LogP contribution in [-0.4, -0.2) is 18.7 Å². The van der Waals surface area contributed by atoms with Gasteiger partial charge in [-0.1, -0.05) is 6.07 Å². The highest BCUT2D eigenvalue weighted by Gasteiger charge is 2.16. The number of benzene rings is 1. The van der Waals surface area contributed by atoms with Gasteiger partial charge in [0.15, 0.2) is 11.2 Å². The maximum absolute atomic E-state index is 13.2. The van der Waals surface area contributed by atoms with Crippen molar-refractivity contribution >= 4 is 22.9 Å². The number of hydrogen-bond donors (Lipinski definition) is 0. The molecule has 2 aromatic heterocycles. The van der Waals surface area contributed by atoms with Crippen molar-refractivity contribution < 1.29 is 4.39 Å². The Kier molecular flexibility index (Phi) is 3.85. The van der Waals surface area contributed by atoms with E-state index in [2.05, 4.69) is 4.98 Å². The van der Waals surface area contributed by atoms with Gasteiger partial charge in [-0.2, -0.15) is 0 Å². The number of nitrogens with zero attached hydrogens (tertiary/aromatic N) is 4. The van der Waals surface area contributed by atoms with E-state index in [1.54, 1.807) is 24.7 Å². The van der Waals surface area contributed by atoms with Crippen LogP contribution in [0.4, 0.5) is 4.39 Å². The summed E-state index contributed by atoms with van der Waals surface area (Å²) in [5.74, 6) is 0.815. The van der Waals surface area contributed by atoms with Crippen LogP contribution in [0.2, 0.25) is 0 Å². The maximum atomic E-state index is 13.2. The fourth-order valence-corrected chi connectivity index (χ4v) is 3.32. The van der Waals surface area contributed by atoms with Crippen molar-refractivity contribution in [3.05, 3.63) is 56.7 Å². The predicted octanol–water partition coefficient (Wildman–Crippen LogP) is 1.40. The molecule has 6 nitrogen and oxygen atoms in total. The highest BCUT2D eigenvalue weighted by molar-refractivity contribution is 7.98. The summed E-state index contributed by atoms with van der Waals surface area (Å²) in [6, 6.07) is 6.29. The molecule has 0 amide bonds. The SMILES string of the molecule is Cn1c(=O)c2c(nc(CSc3cccc(F)c3)n2C)n(C)c1=O. The van der Waals surface area contributed by atoms with E-state index in [1.807, 2.05) is 6.07 Å². The summed E-state index contributed by atoms with van der Waals surface area (Å²) in [6.45, 7) is 0. The minimum atomic E-state index is -0.412. The first-order chi connectivity index (χ1) is 10.9. The zero-order chi connectivity index (χ0) is 16.7. The van der Waals surface area contributed by atoms with Gasteiger partial charge in [0, 0.05) is 26.0 Å². The van der Waals surface area contributed by atoms with E-state index in [-0.39, 0.29) is 11.4 Å². The third-order valence-corrected chi connectivity index (χ3v) is 4.72. The van der Waals surface area contributed by atoms with Gasteiger partial charge in [0.25, 0.3) is 5.56 Å². The van der Waals surface area contributed by atoms with E-state index in [0.717, 1.165) is 9.46 Å². The van der Waals surface area contributed by atoms with Crippen molar-refractivity contribution in [1.82, 2.24) is 18.7 Å². The Balaban J connectivity index is 2.04. The van der Waals surface area contributed by atoms with Gasteiger partial charge in [-0.25, -0.2) is 14.2 Å². The minimum absolute atomic E-state index is 0.295. The molecule has 0 radical (unpaired) electrons. The number of halogens is 1. The van der Waals surface area contributed by atoms with E-state index in [0.29, 0.717) is 22.7 Å². The fourth-order valence-electron chi connectivity index (χ4n) is 2.40. The van der Waals surface area contributed by atoms with Gasteiger partial charge in [-0.3, -0.25) is 13.9 Å². The van der Waals surface area contributed by atoms with Gasteiger partial charge in [-0.15, -0.1) is 11.8 Å². The molecule has 0 atom stereocenters. The highest BCUT2D eigenvalue weighted by atomic mass is 32.2. The second kappa shape index (κ2) is 5.69. The summed E-state index contributed by atoms with van der Waals surface area (Å²) >= 11 is 1.42. The van der Waals surface area contributed by atoms with Crippen molar-refractivity contribution in [2.24, 2.45) is 21.1 Å². The van der Waals surface area contributed by atoms with Crippen LogP contribution >= 0.6 is 11.8 Å². The first kappa shape index (κ1) is 15.5. The fraction of sp³-hybridized carbons (Fsp3) is 0.267. The van der Waals surface area contributed by atoms with Crippen LogP contribution in [0.25, 0.3) is 11.2 Å². The summed E-state index contributed by atoms with van der Waals surface area (Å²) in [5, 5.41) is 0. The van der Waals surface area contributed by atoms with Crippen LogP contribution < -0.4 is 11.2 Å². The number of aromatic nitrogens is 4. The Morgan fingerprint density at radius 2 is 1.87 bits per heavy atom. The number of imidazole rings is 1. The Labute approximate surface area is 135 Å². The quantitative estimate of drug-likeness (QED) is 0.680. The topological polar surface area (TPSA) is 61.8 Å². The van der Waals surface area contributed by atoms with Gasteiger partial charge < -0.3 is 4.57 Å². The average Bonchev–Trinajstić information content (AvgIpc) is 2.86. The molecule has 0 spiro atoms. The molecule has 8 heteroatoms. The van der Waals surface area contributed by atoms with Crippen LogP contribution in [0.5, 0.6) is 0 Å². The van der Waals surface area contributed by atoms with E-state index in [4.69, 9.17) is 0 Å². The molecular formula is C15H15FN4O2S. The summed E-state index contributed by atoms with van der Waals surface area (Å²) in [4.78, 5) is 29.4. The van der Waals surface area contributed by atoms with Gasteiger partial charge >= 0.3 is 5.69 Å². The number of rotatable bonds is 3. The van der Waals surface area contributed by atoms with Crippen LogP contribution in [-0.2, 0) is 26.9 Å². The molecule has 23 heavy (non-hydrogen) atoms. The Morgan fingerprint density at radius 3 is 2.57 bits per heavy atom. The molecule has 3 rings (SSSR count). The minimum Gasteiger partial charge on any atom is -0.325 e. The Morgan fingerprint density at radius 1 is 1.13 bits per heavy atom. The molecule has 0 aliphatic heterocycles. The molecule has 0 unspecified atom stereocenters. The van der Waals surface area contributed by atoms with Crippen LogP contribution in [0.3, 0.4) is 0 Å². The monoisotopic (exact) mass is 334 g/mol. The lowest BCUT2D eigenvalue weighted by Crippen LogP contribution is -2.37. The van der Waals surface area contributed by atoms with Crippen LogP contribution in [0, 0.1) is 5.82 Å². The van der Waals surface area contributed by atoms with Gasteiger partial charge in [0.05, 0.1) is 5.75 Å². The molecule has 0 bridgehead atoms. The molecule has 0 saturated heterocycles. The molecule has 0 aliphatic carbocycles. The zero-order valence-corrected chi connectivity index (χ0v) is 13.7. The third kappa shape index (κ3) is 2.59. The smallest absolute Gasteiger partial charge is 0.325 e. The molecule has 120 valence electrons. The van der Waals surface area contributed by atoms with Crippen molar-refractivity contribution in [1.29, 1.82) is 0 Å². The van der Waals surface area contributed by atoms with Gasteiger partial charge in [0.2, 0.25) is 0 Å². The molecule has 3 aromatic rings. The summed E-state index contributed by atoms with van der Waals surface area (Å²) in [7, 11) is 4.77. The molecule has 0 fully saturated rings. The lowest BCUT2D eigenvalue weighted by atomic mass is 10.4. The van der Waals surface area contributed by atoms with Gasteiger partial charge in [-0.05, 0) is 18.2 Å². The number of thioether (sulfide) groups is 1. The summed E-state index contributed by atoms with van der Waals surface area (Å²) < 4.78 is 17.3. The Hall–Kier alpha value is -2.35. The number of aryl methyl sites for hydroxylation is 2. The average molecular weight is 334 g/mol. The Bertz CT molecular complexity index is 1020. The second-order valence-corrected chi connectivity index (χ2v) is 6.26. The third-order valence-electron chi connectivity index (χ3n) is 3.73. The van der Waals surface area contributed by atoms with E-state index < -0.39 is 5.69 Å². The van der Waals surface area contributed by atoms with E-state index >= 15 is 0 Å². The van der Waals surface area contributed by atoms with Crippen LogP contribution in [0.15, 0.2) is 38.8 Å². The number of fused-ring (bicyclic) bond motifs is 1. The van der Waals surface area contributed by atoms with E-state index in [1.165, 1.54) is 35.5 Å². The molecule has 0 saturated carbocycles. The summed E-state index contributed by atoms with van der Waals surface area (Å²) in [5.41, 5.74) is -0.0510. The lowest BCUT2D eigenvalue weighted by molar-refractivity contribution is 0.624. The first-order valence-electron chi connectivity index (χ1n) is 6.90. The molecule has 1 aromatic carbocycles. The number of hydrogen-bond acceptors (Lipinski definition) is 4. The van der Waals surface area contributed by atoms with Crippen molar-refractivity contribution in [3.63, 3.8) is 0 Å². The van der Waals surface area contributed by atoms with Gasteiger partial charge in [0.1, 0.15) is 11.6 Å².